The Morgan fingerprint density at radius 2 is 2.14 bits per heavy atom. The third-order valence-electron chi connectivity index (χ3n) is 3.13. The van der Waals surface area contributed by atoms with Gasteiger partial charge in [-0.15, -0.1) is 0 Å². The van der Waals surface area contributed by atoms with Gasteiger partial charge in [-0.05, 0) is 32.8 Å². The van der Waals surface area contributed by atoms with Crippen LogP contribution in [0.2, 0.25) is 0 Å². The molecule has 0 bridgehead atoms. The zero-order valence-electron chi connectivity index (χ0n) is 13.5. The van der Waals surface area contributed by atoms with E-state index in [1.165, 1.54) is 0 Å². The van der Waals surface area contributed by atoms with E-state index in [-0.39, 0.29) is 23.8 Å². The third kappa shape index (κ3) is 5.49. The second kappa shape index (κ2) is 7.59. The molecule has 1 aromatic rings. The average Bonchev–Trinajstić information content (AvgIpc) is 2.45. The smallest absolute Gasteiger partial charge is 0.200 e. The Balaban J connectivity index is 2.93. The molecule has 0 aliphatic rings. The molecule has 0 radical (unpaired) electrons. The Kier molecular flexibility index (Phi) is 6.39. The maximum atomic E-state index is 12.7. The molecule has 0 aliphatic heterocycles. The van der Waals surface area contributed by atoms with Crippen LogP contribution in [-0.4, -0.2) is 27.4 Å². The van der Waals surface area contributed by atoms with Crippen LogP contribution in [0.3, 0.4) is 0 Å². The monoisotopic (exact) mass is 294 g/mol. The molecule has 0 saturated heterocycles. The molecule has 6 heteroatoms. The normalized spacial score (nSPS) is 14.8. The van der Waals surface area contributed by atoms with Crippen LogP contribution in [-0.2, 0) is 11.4 Å². The molecule has 2 unspecified atom stereocenters. The van der Waals surface area contributed by atoms with Gasteiger partial charge >= 0.3 is 0 Å². The Labute approximate surface area is 126 Å². The maximum absolute atomic E-state index is 12.7. The van der Waals surface area contributed by atoms with E-state index in [1.54, 1.807) is 12.3 Å². The number of nitrogens with one attached hydrogen (secondary N) is 1. The molecule has 1 rings (SSSR count). The van der Waals surface area contributed by atoms with Crippen LogP contribution in [0.4, 0.5) is 0 Å². The molecule has 1 aromatic heterocycles. The van der Waals surface area contributed by atoms with Gasteiger partial charge in [0.2, 0.25) is 5.78 Å². The van der Waals surface area contributed by atoms with Crippen molar-refractivity contribution in [3.05, 3.63) is 23.8 Å². The zero-order chi connectivity index (χ0) is 16.0. The first kappa shape index (κ1) is 17.7. The van der Waals surface area contributed by atoms with Crippen LogP contribution in [0.1, 0.15) is 57.4 Å². The van der Waals surface area contributed by atoms with Gasteiger partial charge < -0.3 is 5.73 Å². The van der Waals surface area contributed by atoms with Crippen LogP contribution in [0.15, 0.2) is 12.3 Å². The lowest BCUT2D eigenvalue weighted by atomic mass is 9.94. The van der Waals surface area contributed by atoms with Gasteiger partial charge in [0.25, 0.3) is 0 Å². The highest BCUT2D eigenvalue weighted by molar-refractivity contribution is 5.98. The highest BCUT2D eigenvalue weighted by Gasteiger charge is 2.28. The molecule has 1 heterocycles. The highest BCUT2D eigenvalue weighted by atomic mass is 16.7. The number of nitrogens with two attached hydrogens (primary N) is 1. The number of hydrogen-bond donors (Lipinski definition) is 2. The molecule has 3 N–H and O–H groups in total. The SMILES string of the molecule is CCC(C)C(NOC(C)(C)C)C(=O)c1ccnc(CN)n1. The predicted octanol–water partition coefficient (Wildman–Crippen LogP) is 1.85. The predicted molar refractivity (Wildman–Crippen MR) is 81.5 cm³/mol. The number of Topliss-reactive ketones (excluding diaryl/α,β-unsaturated/α-hetero) is 1. The van der Waals surface area contributed by atoms with Crippen LogP contribution < -0.4 is 11.2 Å². The van der Waals surface area contributed by atoms with Gasteiger partial charge in [0.15, 0.2) is 0 Å². The number of rotatable bonds is 7. The van der Waals surface area contributed by atoms with Crippen LogP contribution in [0, 0.1) is 5.92 Å². The molecule has 0 aromatic carbocycles. The van der Waals surface area contributed by atoms with Crippen molar-refractivity contribution in [2.45, 2.75) is 59.2 Å². The summed E-state index contributed by atoms with van der Waals surface area (Å²) in [7, 11) is 0. The van der Waals surface area contributed by atoms with Gasteiger partial charge in [0.1, 0.15) is 11.5 Å². The first-order valence-corrected chi connectivity index (χ1v) is 7.28. The standard InChI is InChI=1S/C15H26N4O2/c1-6-10(2)13(19-21-15(3,4)5)14(20)11-7-8-17-12(9-16)18-11/h7-8,10,13,19H,6,9,16H2,1-5H3. The number of hydroxylamine groups is 1. The van der Waals surface area contributed by atoms with E-state index in [9.17, 15) is 4.79 Å². The van der Waals surface area contributed by atoms with Crippen molar-refractivity contribution in [1.29, 1.82) is 0 Å². The quantitative estimate of drug-likeness (QED) is 0.589. The third-order valence-corrected chi connectivity index (χ3v) is 3.13. The lowest BCUT2D eigenvalue weighted by Crippen LogP contribution is -2.45. The maximum Gasteiger partial charge on any atom is 0.200 e. The Hall–Kier alpha value is -1.37. The van der Waals surface area contributed by atoms with Gasteiger partial charge in [-0.1, -0.05) is 20.3 Å². The minimum Gasteiger partial charge on any atom is -0.324 e. The van der Waals surface area contributed by atoms with E-state index in [4.69, 9.17) is 10.6 Å². The largest absolute Gasteiger partial charge is 0.324 e. The molecule has 21 heavy (non-hydrogen) atoms. The Bertz CT molecular complexity index is 471. The summed E-state index contributed by atoms with van der Waals surface area (Å²) in [5.41, 5.74) is 8.41. The summed E-state index contributed by atoms with van der Waals surface area (Å²) in [6.45, 7) is 10.0. The average molecular weight is 294 g/mol. The fourth-order valence-corrected chi connectivity index (χ4v) is 1.70. The number of ketones is 1. The van der Waals surface area contributed by atoms with E-state index in [0.29, 0.717) is 11.5 Å². The number of carbonyl (C=O) groups is 1. The second-order valence-corrected chi connectivity index (χ2v) is 6.12. The first-order valence-electron chi connectivity index (χ1n) is 7.28. The second-order valence-electron chi connectivity index (χ2n) is 6.12. The summed E-state index contributed by atoms with van der Waals surface area (Å²) in [5, 5.41) is 0. The lowest BCUT2D eigenvalue weighted by Gasteiger charge is -2.27. The van der Waals surface area contributed by atoms with Crippen molar-refractivity contribution in [1.82, 2.24) is 15.4 Å². The molecule has 0 aliphatic carbocycles. The van der Waals surface area contributed by atoms with Crippen molar-refractivity contribution in [2.24, 2.45) is 11.7 Å². The van der Waals surface area contributed by atoms with Gasteiger partial charge in [0.05, 0.1) is 18.2 Å². The van der Waals surface area contributed by atoms with Crippen molar-refractivity contribution in [2.75, 3.05) is 0 Å². The molecular formula is C15H26N4O2. The van der Waals surface area contributed by atoms with Crippen molar-refractivity contribution in [3.63, 3.8) is 0 Å². The van der Waals surface area contributed by atoms with Crippen molar-refractivity contribution < 1.29 is 9.63 Å². The summed E-state index contributed by atoms with van der Waals surface area (Å²) < 4.78 is 0. The number of aromatic nitrogens is 2. The number of nitrogens with zero attached hydrogens (tertiary/aromatic N) is 2. The molecule has 118 valence electrons. The van der Waals surface area contributed by atoms with E-state index in [1.807, 2.05) is 34.6 Å². The summed E-state index contributed by atoms with van der Waals surface area (Å²) in [6.07, 6.45) is 2.41. The van der Waals surface area contributed by atoms with Gasteiger partial charge in [-0.25, -0.2) is 9.97 Å². The van der Waals surface area contributed by atoms with E-state index >= 15 is 0 Å². The molecule has 0 amide bonds. The van der Waals surface area contributed by atoms with E-state index in [2.05, 4.69) is 15.4 Å². The summed E-state index contributed by atoms with van der Waals surface area (Å²) in [6, 6.07) is 1.16. The fraction of sp³-hybridized carbons (Fsp3) is 0.667. The zero-order valence-corrected chi connectivity index (χ0v) is 13.5. The molecule has 0 saturated carbocycles. The van der Waals surface area contributed by atoms with Gasteiger partial charge in [-0.3, -0.25) is 9.63 Å². The minimum atomic E-state index is -0.449. The first-order chi connectivity index (χ1) is 9.78. The van der Waals surface area contributed by atoms with Crippen LogP contribution >= 0.6 is 0 Å². The molecule has 0 fully saturated rings. The van der Waals surface area contributed by atoms with Crippen molar-refractivity contribution >= 4 is 5.78 Å². The molecule has 6 nitrogen and oxygen atoms in total. The summed E-state index contributed by atoms with van der Waals surface area (Å²) >= 11 is 0. The van der Waals surface area contributed by atoms with Gasteiger partial charge in [0, 0.05) is 6.20 Å². The molecule has 2 atom stereocenters. The van der Waals surface area contributed by atoms with E-state index in [0.717, 1.165) is 6.42 Å². The molecular weight excluding hydrogens is 268 g/mol. The Morgan fingerprint density at radius 3 is 2.67 bits per heavy atom. The topological polar surface area (TPSA) is 90.1 Å². The lowest BCUT2D eigenvalue weighted by molar-refractivity contribution is -0.0891. The Morgan fingerprint density at radius 1 is 1.48 bits per heavy atom. The van der Waals surface area contributed by atoms with E-state index < -0.39 is 6.04 Å². The molecule has 0 spiro atoms. The fourth-order valence-electron chi connectivity index (χ4n) is 1.70. The summed E-state index contributed by atoms with van der Waals surface area (Å²) in [5.74, 6) is 0.474. The van der Waals surface area contributed by atoms with Crippen LogP contribution in [0.5, 0.6) is 0 Å². The summed E-state index contributed by atoms with van der Waals surface area (Å²) in [4.78, 5) is 26.4. The highest BCUT2D eigenvalue weighted by Crippen LogP contribution is 2.15. The minimum absolute atomic E-state index is 0.106. The van der Waals surface area contributed by atoms with Gasteiger partial charge in [-0.2, -0.15) is 5.48 Å². The van der Waals surface area contributed by atoms with Crippen LogP contribution in [0.25, 0.3) is 0 Å². The van der Waals surface area contributed by atoms with Crippen molar-refractivity contribution in [3.8, 4) is 0 Å². The number of hydrogen-bond acceptors (Lipinski definition) is 6. The number of carbonyl (C=O) groups excluding carboxylic acids is 1.